The van der Waals surface area contributed by atoms with Crippen LogP contribution in [0.25, 0.3) is 0 Å². The molecule has 0 atom stereocenters. The Morgan fingerprint density at radius 3 is 2.53 bits per heavy atom. The third-order valence-electron chi connectivity index (χ3n) is 3.48. The van der Waals surface area contributed by atoms with Gasteiger partial charge in [-0.25, -0.2) is 4.39 Å². The Bertz CT molecular complexity index is 490. The normalized spacial score (nSPS) is 17.4. The molecule has 0 radical (unpaired) electrons. The van der Waals surface area contributed by atoms with Crippen LogP contribution < -0.4 is 0 Å². The summed E-state index contributed by atoms with van der Waals surface area (Å²) in [6, 6.07) is 5.37. The molecule has 1 saturated heterocycles. The summed E-state index contributed by atoms with van der Waals surface area (Å²) >= 11 is 6.15. The van der Waals surface area contributed by atoms with Gasteiger partial charge in [-0.2, -0.15) is 5.26 Å². The third-order valence-corrected chi connectivity index (χ3v) is 3.83. The zero-order chi connectivity index (χ0) is 13.8. The minimum atomic E-state index is -0.206. The molecular weight excluding hydrogens is 265 g/mol. The molecule has 102 valence electrons. The highest BCUT2D eigenvalue weighted by atomic mass is 35.5. The molecule has 1 aromatic carbocycles. The Balaban J connectivity index is 1.96. The highest BCUT2D eigenvalue weighted by Gasteiger charge is 2.17. The quantitative estimate of drug-likeness (QED) is 0.797. The number of rotatable bonds is 3. The van der Waals surface area contributed by atoms with Crippen molar-refractivity contribution >= 4 is 11.6 Å². The maximum Gasteiger partial charge on any atom is 0.126 e. The standard InChI is InChI=1S/C14H17ClFN3/c1-11-8-13(15)12(9-14(11)16)10-19-6-4-18(3-2-17)5-7-19/h8-9H,3-7,10H2,1H3. The van der Waals surface area contributed by atoms with E-state index in [0.717, 1.165) is 31.7 Å². The molecule has 5 heteroatoms. The maximum atomic E-state index is 13.6. The fourth-order valence-corrected chi connectivity index (χ4v) is 2.53. The summed E-state index contributed by atoms with van der Waals surface area (Å²) in [6.45, 7) is 6.37. The monoisotopic (exact) mass is 281 g/mol. The van der Waals surface area contributed by atoms with Crippen molar-refractivity contribution in [2.75, 3.05) is 32.7 Å². The van der Waals surface area contributed by atoms with Gasteiger partial charge in [-0.05, 0) is 30.2 Å². The molecule has 1 fully saturated rings. The van der Waals surface area contributed by atoms with Crippen molar-refractivity contribution in [3.63, 3.8) is 0 Å². The van der Waals surface area contributed by atoms with E-state index in [0.29, 0.717) is 23.7 Å². The maximum absolute atomic E-state index is 13.6. The summed E-state index contributed by atoms with van der Waals surface area (Å²) in [5.41, 5.74) is 1.41. The van der Waals surface area contributed by atoms with E-state index in [2.05, 4.69) is 15.9 Å². The van der Waals surface area contributed by atoms with Gasteiger partial charge in [0.25, 0.3) is 0 Å². The molecule has 1 aliphatic heterocycles. The molecule has 19 heavy (non-hydrogen) atoms. The second-order valence-electron chi connectivity index (χ2n) is 4.90. The van der Waals surface area contributed by atoms with Gasteiger partial charge in [-0.15, -0.1) is 0 Å². The van der Waals surface area contributed by atoms with Gasteiger partial charge < -0.3 is 0 Å². The lowest BCUT2D eigenvalue weighted by Crippen LogP contribution is -2.45. The van der Waals surface area contributed by atoms with Crippen molar-refractivity contribution in [3.05, 3.63) is 34.1 Å². The van der Waals surface area contributed by atoms with Gasteiger partial charge in [-0.1, -0.05) is 11.6 Å². The minimum Gasteiger partial charge on any atom is -0.296 e. The highest BCUT2D eigenvalue weighted by molar-refractivity contribution is 6.31. The van der Waals surface area contributed by atoms with Gasteiger partial charge in [0, 0.05) is 37.7 Å². The Kier molecular flexibility index (Phi) is 4.76. The summed E-state index contributed by atoms with van der Waals surface area (Å²) in [5, 5.41) is 9.27. The average molecular weight is 282 g/mol. The van der Waals surface area contributed by atoms with Gasteiger partial charge in [0.2, 0.25) is 0 Å². The van der Waals surface area contributed by atoms with Crippen molar-refractivity contribution in [2.24, 2.45) is 0 Å². The van der Waals surface area contributed by atoms with Crippen molar-refractivity contribution in [2.45, 2.75) is 13.5 Å². The number of benzene rings is 1. The SMILES string of the molecule is Cc1cc(Cl)c(CN2CCN(CC#N)CC2)cc1F. The van der Waals surface area contributed by atoms with Crippen molar-refractivity contribution in [1.82, 2.24) is 9.80 Å². The van der Waals surface area contributed by atoms with E-state index in [1.165, 1.54) is 6.07 Å². The van der Waals surface area contributed by atoms with Crippen LogP contribution in [0.15, 0.2) is 12.1 Å². The molecular formula is C14H17ClFN3. The lowest BCUT2D eigenvalue weighted by Gasteiger charge is -2.33. The first-order valence-corrected chi connectivity index (χ1v) is 6.74. The molecule has 0 aliphatic carbocycles. The van der Waals surface area contributed by atoms with Crippen molar-refractivity contribution < 1.29 is 4.39 Å². The van der Waals surface area contributed by atoms with Crippen molar-refractivity contribution in [1.29, 1.82) is 5.26 Å². The second-order valence-corrected chi connectivity index (χ2v) is 5.31. The Morgan fingerprint density at radius 1 is 1.26 bits per heavy atom. The van der Waals surface area contributed by atoms with E-state index in [9.17, 15) is 4.39 Å². The first kappa shape index (κ1) is 14.3. The van der Waals surface area contributed by atoms with E-state index in [1.807, 2.05) is 0 Å². The van der Waals surface area contributed by atoms with E-state index >= 15 is 0 Å². The van der Waals surface area contributed by atoms with Crippen LogP contribution in [0.3, 0.4) is 0 Å². The number of piperazine rings is 1. The fraction of sp³-hybridized carbons (Fsp3) is 0.500. The Labute approximate surface area is 118 Å². The zero-order valence-corrected chi connectivity index (χ0v) is 11.8. The number of nitriles is 1. The largest absolute Gasteiger partial charge is 0.296 e. The van der Waals surface area contributed by atoms with Gasteiger partial charge in [-0.3, -0.25) is 9.80 Å². The molecule has 0 N–H and O–H groups in total. The molecule has 1 aromatic rings. The van der Waals surface area contributed by atoms with Crippen LogP contribution in [-0.2, 0) is 6.54 Å². The molecule has 0 amide bonds. The topological polar surface area (TPSA) is 30.3 Å². The van der Waals surface area contributed by atoms with Crippen LogP contribution in [0.1, 0.15) is 11.1 Å². The summed E-state index contributed by atoms with van der Waals surface area (Å²) < 4.78 is 13.6. The van der Waals surface area contributed by atoms with Gasteiger partial charge in [0.1, 0.15) is 5.82 Å². The van der Waals surface area contributed by atoms with Crippen molar-refractivity contribution in [3.8, 4) is 6.07 Å². The molecule has 2 rings (SSSR count). The van der Waals surface area contributed by atoms with E-state index in [-0.39, 0.29) is 5.82 Å². The first-order chi connectivity index (χ1) is 9.10. The van der Waals surface area contributed by atoms with Crippen LogP contribution in [-0.4, -0.2) is 42.5 Å². The molecule has 0 bridgehead atoms. The lowest BCUT2D eigenvalue weighted by molar-refractivity contribution is 0.138. The molecule has 1 aliphatic rings. The minimum absolute atomic E-state index is 0.206. The average Bonchev–Trinajstić information content (AvgIpc) is 2.38. The number of hydrogen-bond acceptors (Lipinski definition) is 3. The van der Waals surface area contributed by atoms with Crippen LogP contribution >= 0.6 is 11.6 Å². The number of hydrogen-bond donors (Lipinski definition) is 0. The van der Waals surface area contributed by atoms with E-state index < -0.39 is 0 Å². The summed E-state index contributed by atoms with van der Waals surface area (Å²) in [4.78, 5) is 4.36. The van der Waals surface area contributed by atoms with E-state index in [1.54, 1.807) is 13.0 Å². The number of nitrogens with zero attached hydrogens (tertiary/aromatic N) is 3. The predicted molar refractivity (Wildman–Crippen MR) is 73.5 cm³/mol. The zero-order valence-electron chi connectivity index (χ0n) is 11.0. The first-order valence-electron chi connectivity index (χ1n) is 6.36. The highest BCUT2D eigenvalue weighted by Crippen LogP contribution is 2.22. The fourth-order valence-electron chi connectivity index (χ4n) is 2.26. The third kappa shape index (κ3) is 3.66. The summed E-state index contributed by atoms with van der Waals surface area (Å²) in [6.07, 6.45) is 0. The van der Waals surface area contributed by atoms with Crippen LogP contribution in [0.4, 0.5) is 4.39 Å². The molecule has 1 heterocycles. The van der Waals surface area contributed by atoms with Gasteiger partial charge >= 0.3 is 0 Å². The van der Waals surface area contributed by atoms with Crippen LogP contribution in [0.2, 0.25) is 5.02 Å². The number of halogens is 2. The molecule has 0 spiro atoms. The Hall–Kier alpha value is -1.15. The van der Waals surface area contributed by atoms with Gasteiger partial charge in [0.15, 0.2) is 0 Å². The summed E-state index contributed by atoms with van der Waals surface area (Å²) in [5.74, 6) is -0.206. The second kappa shape index (κ2) is 6.33. The van der Waals surface area contributed by atoms with Gasteiger partial charge in [0.05, 0.1) is 12.6 Å². The molecule has 3 nitrogen and oxygen atoms in total. The molecule has 0 unspecified atom stereocenters. The predicted octanol–water partition coefficient (Wildman–Crippen LogP) is 2.43. The van der Waals surface area contributed by atoms with Crippen LogP contribution in [0, 0.1) is 24.1 Å². The smallest absolute Gasteiger partial charge is 0.126 e. The molecule has 0 aromatic heterocycles. The summed E-state index contributed by atoms with van der Waals surface area (Å²) in [7, 11) is 0. The number of aryl methyl sites for hydroxylation is 1. The van der Waals surface area contributed by atoms with E-state index in [4.69, 9.17) is 16.9 Å². The Morgan fingerprint density at radius 2 is 1.89 bits per heavy atom. The van der Waals surface area contributed by atoms with Crippen LogP contribution in [0.5, 0.6) is 0 Å². The molecule has 0 saturated carbocycles. The lowest BCUT2D eigenvalue weighted by atomic mass is 10.1.